The summed E-state index contributed by atoms with van der Waals surface area (Å²) in [6.45, 7) is 0.278. The van der Waals surface area contributed by atoms with Crippen LogP contribution in [0.3, 0.4) is 0 Å². The monoisotopic (exact) mass is 421 g/mol. The molecule has 2 aliphatic heterocycles. The summed E-state index contributed by atoms with van der Waals surface area (Å²) in [6.07, 6.45) is 2.24. The number of aliphatic carboxylic acids is 1. The molecular weight excluding hydrogens is 398 g/mol. The zero-order valence-corrected chi connectivity index (χ0v) is 17.0. The quantitative estimate of drug-likeness (QED) is 0.571. The van der Waals surface area contributed by atoms with Crippen molar-refractivity contribution in [3.05, 3.63) is 23.8 Å². The van der Waals surface area contributed by atoms with Crippen LogP contribution in [0.5, 0.6) is 5.75 Å². The molecule has 0 saturated carbocycles. The van der Waals surface area contributed by atoms with Gasteiger partial charge in [-0.1, -0.05) is 0 Å². The maximum atomic E-state index is 12.7. The van der Waals surface area contributed by atoms with Crippen LogP contribution in [0, 0.1) is 0 Å². The van der Waals surface area contributed by atoms with E-state index in [0.717, 1.165) is 4.90 Å². The third-order valence-corrected chi connectivity index (χ3v) is 5.90. The van der Waals surface area contributed by atoms with Gasteiger partial charge in [-0.25, -0.2) is 0 Å². The highest BCUT2D eigenvalue weighted by molar-refractivity contribution is 7.98. The molecule has 29 heavy (non-hydrogen) atoms. The molecule has 9 nitrogen and oxygen atoms in total. The van der Waals surface area contributed by atoms with Crippen LogP contribution in [-0.2, 0) is 14.4 Å². The van der Waals surface area contributed by atoms with Crippen molar-refractivity contribution in [2.75, 3.05) is 19.9 Å². The SMILES string of the molecule is COc1cc(SC)ccc1C(=O)NC1CCN2C(=O)C(CC(=O)O)NC(=O)C2C1. The summed E-state index contributed by atoms with van der Waals surface area (Å²) < 4.78 is 5.32. The maximum Gasteiger partial charge on any atom is 0.305 e. The van der Waals surface area contributed by atoms with E-state index in [1.807, 2.05) is 12.3 Å². The lowest BCUT2D eigenvalue weighted by Gasteiger charge is -2.43. The van der Waals surface area contributed by atoms with Crippen molar-refractivity contribution in [1.29, 1.82) is 0 Å². The Hall–Kier alpha value is -2.75. The summed E-state index contributed by atoms with van der Waals surface area (Å²) in [5.74, 6) is -1.77. The van der Waals surface area contributed by atoms with Crippen molar-refractivity contribution in [3.63, 3.8) is 0 Å². The zero-order chi connectivity index (χ0) is 21.1. The number of carbonyl (C=O) groups excluding carboxylic acids is 3. The van der Waals surface area contributed by atoms with Gasteiger partial charge in [0.15, 0.2) is 0 Å². The van der Waals surface area contributed by atoms with Gasteiger partial charge in [0, 0.05) is 17.5 Å². The Morgan fingerprint density at radius 1 is 1.38 bits per heavy atom. The molecule has 0 bridgehead atoms. The van der Waals surface area contributed by atoms with Crippen molar-refractivity contribution in [2.45, 2.75) is 42.3 Å². The number of nitrogens with one attached hydrogen (secondary N) is 2. The van der Waals surface area contributed by atoms with Gasteiger partial charge in [0.2, 0.25) is 11.8 Å². The number of hydrogen-bond donors (Lipinski definition) is 3. The zero-order valence-electron chi connectivity index (χ0n) is 16.1. The lowest BCUT2D eigenvalue weighted by molar-refractivity contribution is -0.154. The number of fused-ring (bicyclic) bond motifs is 1. The number of carboxylic acid groups (broad SMARTS) is 1. The van der Waals surface area contributed by atoms with Crippen LogP contribution in [0.15, 0.2) is 23.1 Å². The number of carbonyl (C=O) groups is 4. The summed E-state index contributed by atoms with van der Waals surface area (Å²) in [6, 6.07) is 3.28. The van der Waals surface area contributed by atoms with Gasteiger partial charge in [0.1, 0.15) is 17.8 Å². The highest BCUT2D eigenvalue weighted by Crippen LogP contribution is 2.27. The second-order valence-electron chi connectivity index (χ2n) is 6.97. The van der Waals surface area contributed by atoms with Gasteiger partial charge in [-0.2, -0.15) is 0 Å². The third-order valence-electron chi connectivity index (χ3n) is 5.17. The second kappa shape index (κ2) is 8.73. The standard InChI is InChI=1S/C19H23N3O6S/c1-28-15-8-11(29-2)3-4-12(15)17(25)20-10-5-6-22-14(7-10)18(26)21-13(19(22)27)9-16(23)24/h3-4,8,10,13-14H,5-7,9H2,1-2H3,(H,20,25)(H,21,26)(H,23,24). The number of ether oxygens (including phenoxy) is 1. The Morgan fingerprint density at radius 2 is 2.14 bits per heavy atom. The minimum Gasteiger partial charge on any atom is -0.496 e. The summed E-state index contributed by atoms with van der Waals surface area (Å²) >= 11 is 1.54. The van der Waals surface area contributed by atoms with Gasteiger partial charge in [0.05, 0.1) is 19.1 Å². The van der Waals surface area contributed by atoms with E-state index in [1.165, 1.54) is 12.0 Å². The Morgan fingerprint density at radius 3 is 2.79 bits per heavy atom. The Kier molecular flexibility index (Phi) is 6.31. The number of hydrogen-bond acceptors (Lipinski definition) is 6. The predicted octanol–water partition coefficient (Wildman–Crippen LogP) is 0.480. The lowest BCUT2D eigenvalue weighted by Crippen LogP contribution is -2.67. The molecule has 3 rings (SSSR count). The Labute approximate surface area is 172 Å². The highest BCUT2D eigenvalue weighted by Gasteiger charge is 2.44. The molecule has 1 aromatic rings. The fraction of sp³-hybridized carbons (Fsp3) is 0.474. The normalized spacial score (nSPS) is 23.8. The molecule has 0 aliphatic carbocycles. The van der Waals surface area contributed by atoms with E-state index < -0.39 is 36.3 Å². The van der Waals surface area contributed by atoms with E-state index in [1.54, 1.807) is 23.9 Å². The van der Waals surface area contributed by atoms with E-state index in [-0.39, 0.29) is 24.9 Å². The summed E-state index contributed by atoms with van der Waals surface area (Å²) in [7, 11) is 1.50. The number of piperidine rings is 1. The van der Waals surface area contributed by atoms with E-state index in [9.17, 15) is 19.2 Å². The fourth-order valence-corrected chi connectivity index (χ4v) is 4.13. The van der Waals surface area contributed by atoms with Gasteiger partial charge in [0.25, 0.3) is 5.91 Å². The molecule has 0 spiro atoms. The Bertz CT molecular complexity index is 845. The van der Waals surface area contributed by atoms with Crippen molar-refractivity contribution in [3.8, 4) is 5.75 Å². The Balaban J connectivity index is 1.67. The molecule has 0 aromatic heterocycles. The number of piperazine rings is 1. The average molecular weight is 421 g/mol. The average Bonchev–Trinajstić information content (AvgIpc) is 2.70. The van der Waals surface area contributed by atoms with E-state index in [0.29, 0.717) is 17.7 Å². The number of rotatable bonds is 6. The molecule has 3 atom stereocenters. The van der Waals surface area contributed by atoms with Gasteiger partial charge in [-0.3, -0.25) is 19.2 Å². The molecular formula is C19H23N3O6S. The number of benzene rings is 1. The largest absolute Gasteiger partial charge is 0.496 e. The molecule has 2 aliphatic rings. The van der Waals surface area contributed by atoms with Crippen molar-refractivity contribution >= 4 is 35.5 Å². The second-order valence-corrected chi connectivity index (χ2v) is 7.85. The van der Waals surface area contributed by atoms with Gasteiger partial charge in [-0.05, 0) is 37.3 Å². The topological polar surface area (TPSA) is 125 Å². The van der Waals surface area contributed by atoms with Crippen LogP contribution in [0.1, 0.15) is 29.6 Å². The molecule has 2 fully saturated rings. The fourth-order valence-electron chi connectivity index (χ4n) is 3.70. The lowest BCUT2D eigenvalue weighted by atomic mass is 9.92. The van der Waals surface area contributed by atoms with Crippen LogP contribution >= 0.6 is 11.8 Å². The molecule has 1 aromatic carbocycles. The van der Waals surface area contributed by atoms with Gasteiger partial charge in [-0.15, -0.1) is 11.8 Å². The minimum absolute atomic E-state index is 0.272. The number of methoxy groups -OCH3 is 1. The molecule has 3 amide bonds. The van der Waals surface area contributed by atoms with Crippen LogP contribution in [0.25, 0.3) is 0 Å². The van der Waals surface area contributed by atoms with Crippen LogP contribution in [0.4, 0.5) is 0 Å². The number of nitrogens with zero attached hydrogens (tertiary/aromatic N) is 1. The maximum absolute atomic E-state index is 12.7. The summed E-state index contributed by atoms with van der Waals surface area (Å²) in [5, 5.41) is 14.3. The first-order valence-electron chi connectivity index (χ1n) is 9.19. The van der Waals surface area contributed by atoms with Gasteiger partial charge < -0.3 is 25.4 Å². The van der Waals surface area contributed by atoms with Crippen LogP contribution < -0.4 is 15.4 Å². The third kappa shape index (κ3) is 4.47. The molecule has 10 heteroatoms. The molecule has 3 unspecified atom stereocenters. The summed E-state index contributed by atoms with van der Waals surface area (Å²) in [4.78, 5) is 50.9. The van der Waals surface area contributed by atoms with E-state index in [2.05, 4.69) is 10.6 Å². The minimum atomic E-state index is -1.15. The first kappa shape index (κ1) is 21.0. The molecule has 3 N–H and O–H groups in total. The predicted molar refractivity (Wildman–Crippen MR) is 105 cm³/mol. The molecule has 2 heterocycles. The molecule has 2 saturated heterocycles. The molecule has 0 radical (unpaired) electrons. The van der Waals surface area contributed by atoms with Crippen LogP contribution in [-0.4, -0.2) is 71.7 Å². The van der Waals surface area contributed by atoms with Crippen molar-refractivity contribution in [1.82, 2.24) is 15.5 Å². The first-order valence-corrected chi connectivity index (χ1v) is 10.4. The van der Waals surface area contributed by atoms with Crippen molar-refractivity contribution in [2.24, 2.45) is 0 Å². The first-order chi connectivity index (χ1) is 13.8. The number of thioether (sulfide) groups is 1. The van der Waals surface area contributed by atoms with E-state index >= 15 is 0 Å². The van der Waals surface area contributed by atoms with Gasteiger partial charge >= 0.3 is 5.97 Å². The number of amides is 3. The summed E-state index contributed by atoms with van der Waals surface area (Å²) in [5.41, 5.74) is 0.401. The smallest absolute Gasteiger partial charge is 0.305 e. The molecule has 156 valence electrons. The highest BCUT2D eigenvalue weighted by atomic mass is 32.2. The van der Waals surface area contributed by atoms with Crippen molar-refractivity contribution < 1.29 is 29.0 Å². The van der Waals surface area contributed by atoms with Crippen LogP contribution in [0.2, 0.25) is 0 Å². The number of carboxylic acids is 1. The van der Waals surface area contributed by atoms with E-state index in [4.69, 9.17) is 9.84 Å².